The van der Waals surface area contributed by atoms with Gasteiger partial charge in [-0.2, -0.15) is 0 Å². The molecule has 6 nitrogen and oxygen atoms in total. The summed E-state index contributed by atoms with van der Waals surface area (Å²) < 4.78 is 15.7. The van der Waals surface area contributed by atoms with Crippen molar-refractivity contribution in [3.8, 4) is 11.5 Å². The van der Waals surface area contributed by atoms with Crippen LogP contribution in [0.15, 0.2) is 48.5 Å². The minimum Gasteiger partial charge on any atom is -0.493 e. The van der Waals surface area contributed by atoms with E-state index in [2.05, 4.69) is 17.4 Å². The van der Waals surface area contributed by atoms with Gasteiger partial charge in [0.05, 0.1) is 19.3 Å². The fourth-order valence-corrected chi connectivity index (χ4v) is 2.70. The molecule has 0 bridgehead atoms. The fourth-order valence-electron chi connectivity index (χ4n) is 2.70. The normalized spacial score (nSPS) is 11.4. The lowest BCUT2D eigenvalue weighted by atomic mass is 10.1. The lowest BCUT2D eigenvalue weighted by Gasteiger charge is -2.14. The quantitative estimate of drug-likeness (QED) is 0.635. The number of amides is 1. The van der Waals surface area contributed by atoms with E-state index in [0.717, 1.165) is 12.8 Å². The van der Waals surface area contributed by atoms with Crippen LogP contribution >= 0.6 is 0 Å². The summed E-state index contributed by atoms with van der Waals surface area (Å²) in [7, 11) is 1.50. The van der Waals surface area contributed by atoms with Crippen molar-refractivity contribution < 1.29 is 23.8 Å². The third-order valence-electron chi connectivity index (χ3n) is 4.15. The first kappa shape index (κ1) is 21.3. The zero-order valence-electron chi connectivity index (χ0n) is 16.6. The van der Waals surface area contributed by atoms with Gasteiger partial charge in [-0.15, -0.1) is 0 Å². The highest BCUT2D eigenvalue weighted by molar-refractivity contribution is 5.92. The third kappa shape index (κ3) is 6.61. The van der Waals surface area contributed by atoms with Gasteiger partial charge in [0, 0.05) is 6.04 Å². The molecule has 0 heterocycles. The van der Waals surface area contributed by atoms with E-state index in [1.165, 1.54) is 18.7 Å². The first-order chi connectivity index (χ1) is 13.5. The second-order valence-corrected chi connectivity index (χ2v) is 6.37. The van der Waals surface area contributed by atoms with Crippen molar-refractivity contribution in [2.45, 2.75) is 32.7 Å². The smallest absolute Gasteiger partial charge is 0.338 e. The standard InChI is InChI=1S/C22H27NO5/c1-4-27-19-13-12-18(14-20(19)26-3)22(25)28-15-21(24)23-16(2)10-11-17-8-6-5-7-9-17/h5-9,12-14,16H,4,10-11,15H2,1-3H3,(H,23,24)/t16-/m0/s1. The summed E-state index contributed by atoms with van der Waals surface area (Å²) in [6.07, 6.45) is 1.67. The molecule has 0 fully saturated rings. The summed E-state index contributed by atoms with van der Waals surface area (Å²) in [6.45, 7) is 3.95. The van der Waals surface area contributed by atoms with Crippen molar-refractivity contribution in [2.75, 3.05) is 20.3 Å². The first-order valence-corrected chi connectivity index (χ1v) is 9.34. The van der Waals surface area contributed by atoms with Crippen molar-refractivity contribution >= 4 is 11.9 Å². The summed E-state index contributed by atoms with van der Waals surface area (Å²) in [5.41, 5.74) is 1.52. The number of esters is 1. The minimum atomic E-state index is -0.589. The van der Waals surface area contributed by atoms with Gasteiger partial charge >= 0.3 is 5.97 Å². The summed E-state index contributed by atoms with van der Waals surface area (Å²) >= 11 is 0. The molecule has 0 aliphatic carbocycles. The van der Waals surface area contributed by atoms with Gasteiger partial charge in [-0.3, -0.25) is 4.79 Å². The molecule has 0 saturated heterocycles. The minimum absolute atomic E-state index is 0.0167. The monoisotopic (exact) mass is 385 g/mol. The van der Waals surface area contributed by atoms with E-state index in [9.17, 15) is 9.59 Å². The number of methoxy groups -OCH3 is 1. The molecule has 0 radical (unpaired) electrons. The van der Waals surface area contributed by atoms with E-state index in [4.69, 9.17) is 14.2 Å². The lowest BCUT2D eigenvalue weighted by Crippen LogP contribution is -2.36. The van der Waals surface area contributed by atoms with E-state index in [0.29, 0.717) is 23.7 Å². The van der Waals surface area contributed by atoms with Gasteiger partial charge < -0.3 is 19.5 Å². The molecule has 2 aromatic rings. The summed E-state index contributed by atoms with van der Waals surface area (Å²) in [6, 6.07) is 14.8. The number of benzene rings is 2. The van der Waals surface area contributed by atoms with Crippen LogP contribution < -0.4 is 14.8 Å². The van der Waals surface area contributed by atoms with Gasteiger partial charge in [0.15, 0.2) is 18.1 Å². The third-order valence-corrected chi connectivity index (χ3v) is 4.15. The number of hydrogen-bond donors (Lipinski definition) is 1. The maximum absolute atomic E-state index is 12.2. The predicted octanol–water partition coefficient (Wildman–Crippen LogP) is 3.39. The number of aryl methyl sites for hydroxylation is 1. The van der Waals surface area contributed by atoms with Gasteiger partial charge in [0.25, 0.3) is 5.91 Å². The van der Waals surface area contributed by atoms with Crippen LogP contribution in [0.2, 0.25) is 0 Å². The van der Waals surface area contributed by atoms with Crippen LogP contribution in [-0.4, -0.2) is 38.2 Å². The van der Waals surface area contributed by atoms with Gasteiger partial charge in [-0.1, -0.05) is 30.3 Å². The Balaban J connectivity index is 1.79. The second-order valence-electron chi connectivity index (χ2n) is 6.37. The van der Waals surface area contributed by atoms with Crippen LogP contribution in [0.25, 0.3) is 0 Å². The molecule has 150 valence electrons. The SMILES string of the molecule is CCOc1ccc(C(=O)OCC(=O)N[C@@H](C)CCc2ccccc2)cc1OC. The Hall–Kier alpha value is -3.02. The van der Waals surface area contributed by atoms with Crippen molar-refractivity contribution in [3.63, 3.8) is 0 Å². The van der Waals surface area contributed by atoms with Crippen LogP contribution in [-0.2, 0) is 16.0 Å². The van der Waals surface area contributed by atoms with Crippen LogP contribution in [0.5, 0.6) is 11.5 Å². The van der Waals surface area contributed by atoms with Crippen LogP contribution in [0.1, 0.15) is 36.2 Å². The number of ether oxygens (including phenoxy) is 3. The zero-order valence-corrected chi connectivity index (χ0v) is 16.6. The highest BCUT2D eigenvalue weighted by Crippen LogP contribution is 2.28. The molecule has 0 spiro atoms. The van der Waals surface area contributed by atoms with Crippen LogP contribution in [0.4, 0.5) is 0 Å². The molecule has 0 unspecified atom stereocenters. The number of rotatable bonds is 10. The number of nitrogens with one attached hydrogen (secondary N) is 1. The lowest BCUT2D eigenvalue weighted by molar-refractivity contribution is -0.124. The van der Waals surface area contributed by atoms with Crippen molar-refractivity contribution in [2.24, 2.45) is 0 Å². The first-order valence-electron chi connectivity index (χ1n) is 9.34. The summed E-state index contributed by atoms with van der Waals surface area (Å²) in [5, 5.41) is 2.84. The average molecular weight is 385 g/mol. The van der Waals surface area contributed by atoms with E-state index >= 15 is 0 Å². The fraction of sp³-hybridized carbons (Fsp3) is 0.364. The van der Waals surface area contributed by atoms with Gasteiger partial charge in [0.2, 0.25) is 0 Å². The number of hydrogen-bond acceptors (Lipinski definition) is 5. The van der Waals surface area contributed by atoms with Crippen molar-refractivity contribution in [3.05, 3.63) is 59.7 Å². The van der Waals surface area contributed by atoms with Crippen molar-refractivity contribution in [1.29, 1.82) is 0 Å². The van der Waals surface area contributed by atoms with E-state index in [-0.39, 0.29) is 18.6 Å². The van der Waals surface area contributed by atoms with E-state index in [1.54, 1.807) is 12.1 Å². The number of carbonyl (C=O) groups is 2. The molecule has 1 amide bonds. The van der Waals surface area contributed by atoms with Crippen LogP contribution in [0.3, 0.4) is 0 Å². The van der Waals surface area contributed by atoms with Crippen molar-refractivity contribution in [1.82, 2.24) is 5.32 Å². The molecular formula is C22H27NO5. The molecule has 28 heavy (non-hydrogen) atoms. The molecule has 1 atom stereocenters. The maximum atomic E-state index is 12.2. The molecule has 2 aromatic carbocycles. The maximum Gasteiger partial charge on any atom is 0.338 e. The number of carbonyl (C=O) groups excluding carboxylic acids is 2. The molecule has 0 aliphatic rings. The van der Waals surface area contributed by atoms with Gasteiger partial charge in [-0.05, 0) is 50.5 Å². The largest absolute Gasteiger partial charge is 0.493 e. The van der Waals surface area contributed by atoms with Gasteiger partial charge in [-0.25, -0.2) is 4.79 Å². The Morgan fingerprint density at radius 1 is 1.07 bits per heavy atom. The summed E-state index contributed by atoms with van der Waals surface area (Å²) in [5.74, 6) is 0.0714. The highest BCUT2D eigenvalue weighted by atomic mass is 16.5. The molecule has 0 aromatic heterocycles. The van der Waals surface area contributed by atoms with Gasteiger partial charge in [0.1, 0.15) is 0 Å². The molecular weight excluding hydrogens is 358 g/mol. The zero-order chi connectivity index (χ0) is 20.4. The molecule has 0 saturated carbocycles. The Morgan fingerprint density at radius 3 is 2.50 bits per heavy atom. The predicted molar refractivity (Wildman–Crippen MR) is 107 cm³/mol. The Morgan fingerprint density at radius 2 is 1.82 bits per heavy atom. The molecule has 6 heteroatoms. The Kier molecular flexibility index (Phi) is 8.34. The van der Waals surface area contributed by atoms with E-state index in [1.807, 2.05) is 32.0 Å². The topological polar surface area (TPSA) is 73.9 Å². The molecule has 2 rings (SSSR count). The molecule has 0 aliphatic heterocycles. The second kappa shape index (κ2) is 11.0. The Bertz CT molecular complexity index is 776. The van der Waals surface area contributed by atoms with E-state index < -0.39 is 5.97 Å². The average Bonchev–Trinajstić information content (AvgIpc) is 2.71. The Labute approximate surface area is 165 Å². The van der Waals surface area contributed by atoms with Crippen LogP contribution in [0, 0.1) is 0 Å². The molecule has 1 N–H and O–H groups in total. The highest BCUT2D eigenvalue weighted by Gasteiger charge is 2.15. The summed E-state index contributed by atoms with van der Waals surface area (Å²) in [4.78, 5) is 24.2.